The first kappa shape index (κ1) is 20.1. The van der Waals surface area contributed by atoms with Gasteiger partial charge in [0.2, 0.25) is 6.29 Å². The van der Waals surface area contributed by atoms with Crippen molar-refractivity contribution in [2.24, 2.45) is 11.7 Å². The lowest BCUT2D eigenvalue weighted by Gasteiger charge is -2.53. The molecule has 0 aromatic heterocycles. The summed E-state index contributed by atoms with van der Waals surface area (Å²) in [7, 11) is 0. The number of benzene rings is 2. The topological polar surface area (TPSA) is 166 Å². The first-order chi connectivity index (χ1) is 13.3. The first-order valence-corrected chi connectivity index (χ1v) is 8.58. The summed E-state index contributed by atoms with van der Waals surface area (Å²) in [5.74, 6) is -0.918. The summed E-state index contributed by atoms with van der Waals surface area (Å²) in [6.07, 6.45) is -4.84. The molecule has 1 aliphatic rings. The van der Waals surface area contributed by atoms with E-state index >= 15 is 0 Å². The SMILES string of the molecule is NC(=O)Nc1cccc(-c2ccc(OC(O)C3(O)C(O)C(O)C3CO)cc2)c1. The van der Waals surface area contributed by atoms with Crippen LogP contribution in [0.3, 0.4) is 0 Å². The number of aliphatic hydroxyl groups excluding tert-OH is 4. The fraction of sp³-hybridized carbons (Fsp3) is 0.316. The molecular weight excluding hydrogens is 368 g/mol. The van der Waals surface area contributed by atoms with E-state index in [0.717, 1.165) is 11.1 Å². The quantitative estimate of drug-likeness (QED) is 0.330. The Morgan fingerprint density at radius 1 is 1.18 bits per heavy atom. The normalized spacial score (nSPS) is 27.5. The van der Waals surface area contributed by atoms with Crippen LogP contribution in [-0.2, 0) is 0 Å². The molecule has 150 valence electrons. The number of carbonyl (C=O) groups excluding carboxylic acids is 1. The van der Waals surface area contributed by atoms with E-state index in [1.807, 2.05) is 6.07 Å². The van der Waals surface area contributed by atoms with Gasteiger partial charge in [-0.1, -0.05) is 24.3 Å². The lowest BCUT2D eigenvalue weighted by molar-refractivity contribution is -0.332. The van der Waals surface area contributed by atoms with Crippen molar-refractivity contribution < 1.29 is 35.1 Å². The molecule has 5 atom stereocenters. The maximum absolute atomic E-state index is 11.0. The van der Waals surface area contributed by atoms with Gasteiger partial charge in [-0.25, -0.2) is 4.79 Å². The number of carbonyl (C=O) groups is 1. The number of amides is 2. The Morgan fingerprint density at radius 2 is 1.86 bits per heavy atom. The summed E-state index contributed by atoms with van der Waals surface area (Å²) < 4.78 is 5.29. The fourth-order valence-electron chi connectivity index (χ4n) is 3.32. The second-order valence-electron chi connectivity index (χ2n) is 6.68. The van der Waals surface area contributed by atoms with Crippen molar-refractivity contribution in [1.29, 1.82) is 0 Å². The molecule has 0 bridgehead atoms. The second kappa shape index (κ2) is 7.74. The third-order valence-corrected chi connectivity index (χ3v) is 4.96. The monoisotopic (exact) mass is 390 g/mol. The number of urea groups is 1. The van der Waals surface area contributed by atoms with Crippen molar-refractivity contribution in [3.05, 3.63) is 48.5 Å². The number of primary amides is 1. The van der Waals surface area contributed by atoms with Crippen LogP contribution in [0, 0.1) is 5.92 Å². The molecule has 8 N–H and O–H groups in total. The van der Waals surface area contributed by atoms with Gasteiger partial charge < -0.3 is 41.3 Å². The first-order valence-electron chi connectivity index (χ1n) is 8.58. The van der Waals surface area contributed by atoms with Gasteiger partial charge in [-0.05, 0) is 35.4 Å². The van der Waals surface area contributed by atoms with Gasteiger partial charge >= 0.3 is 6.03 Å². The number of hydrogen-bond acceptors (Lipinski definition) is 7. The predicted molar refractivity (Wildman–Crippen MR) is 99.3 cm³/mol. The molecule has 9 nitrogen and oxygen atoms in total. The van der Waals surface area contributed by atoms with Crippen molar-refractivity contribution in [1.82, 2.24) is 0 Å². The number of aliphatic hydroxyl groups is 5. The third-order valence-electron chi connectivity index (χ3n) is 4.96. The molecule has 9 heteroatoms. The Balaban J connectivity index is 1.72. The highest BCUT2D eigenvalue weighted by molar-refractivity contribution is 5.88. The molecule has 0 aliphatic heterocycles. The van der Waals surface area contributed by atoms with Crippen LogP contribution >= 0.6 is 0 Å². The molecule has 5 unspecified atom stereocenters. The van der Waals surface area contributed by atoms with Crippen LogP contribution < -0.4 is 15.8 Å². The van der Waals surface area contributed by atoms with Crippen LogP contribution in [0.25, 0.3) is 11.1 Å². The van der Waals surface area contributed by atoms with Gasteiger partial charge in [0.25, 0.3) is 0 Å². The molecule has 0 spiro atoms. The standard InChI is InChI=1S/C19H22N2O7/c20-18(26)21-12-3-1-2-11(8-12)10-4-6-13(7-5-10)28-17(25)19(27)14(9-22)15(23)16(19)24/h1-8,14-17,22-25,27H,9H2,(H3,20,21,26). The number of anilines is 1. The maximum atomic E-state index is 11.0. The molecule has 1 fully saturated rings. The molecule has 2 amide bonds. The molecule has 0 heterocycles. The number of nitrogens with two attached hydrogens (primary N) is 1. The summed E-state index contributed by atoms with van der Waals surface area (Å²) in [6, 6.07) is 12.8. The Morgan fingerprint density at radius 3 is 2.46 bits per heavy atom. The molecule has 0 radical (unpaired) electrons. The van der Waals surface area contributed by atoms with Crippen LogP contribution in [0.15, 0.2) is 48.5 Å². The Kier molecular flexibility index (Phi) is 5.54. The zero-order valence-electron chi connectivity index (χ0n) is 14.8. The van der Waals surface area contributed by atoms with Crippen molar-refractivity contribution in [2.75, 3.05) is 11.9 Å². The highest BCUT2D eigenvalue weighted by Gasteiger charge is 2.65. The summed E-state index contributed by atoms with van der Waals surface area (Å²) in [5, 5.41) is 51.6. The molecule has 3 rings (SSSR count). The highest BCUT2D eigenvalue weighted by atomic mass is 16.6. The molecule has 28 heavy (non-hydrogen) atoms. The highest BCUT2D eigenvalue weighted by Crippen LogP contribution is 2.42. The van der Waals surface area contributed by atoms with E-state index in [2.05, 4.69) is 5.32 Å². The van der Waals surface area contributed by atoms with Gasteiger partial charge in [0.15, 0.2) is 5.60 Å². The van der Waals surface area contributed by atoms with E-state index < -0.39 is 42.7 Å². The molecule has 2 aromatic carbocycles. The summed E-state index contributed by atoms with van der Waals surface area (Å²) in [6.45, 7) is -0.621. The Bertz CT molecular complexity index is 844. The minimum Gasteiger partial charge on any atom is -0.462 e. The molecule has 1 saturated carbocycles. The van der Waals surface area contributed by atoms with Gasteiger partial charge in [0, 0.05) is 11.6 Å². The van der Waals surface area contributed by atoms with Crippen LogP contribution in [0.2, 0.25) is 0 Å². The van der Waals surface area contributed by atoms with E-state index in [9.17, 15) is 30.3 Å². The number of rotatable bonds is 6. The Hall–Kier alpha value is -2.69. The summed E-state index contributed by atoms with van der Waals surface area (Å²) in [5.41, 5.74) is 5.06. The van der Waals surface area contributed by atoms with E-state index in [4.69, 9.17) is 10.5 Å². The van der Waals surface area contributed by atoms with E-state index in [-0.39, 0.29) is 5.75 Å². The average molecular weight is 390 g/mol. The summed E-state index contributed by atoms with van der Waals surface area (Å²) in [4.78, 5) is 11.0. The largest absolute Gasteiger partial charge is 0.462 e. The van der Waals surface area contributed by atoms with E-state index in [1.54, 1.807) is 42.5 Å². The van der Waals surface area contributed by atoms with Gasteiger partial charge in [0.1, 0.15) is 11.9 Å². The Labute approximate surface area is 160 Å². The minimum atomic E-state index is -2.18. The van der Waals surface area contributed by atoms with Gasteiger partial charge in [-0.3, -0.25) is 0 Å². The number of hydrogen-bond donors (Lipinski definition) is 7. The van der Waals surface area contributed by atoms with Crippen molar-refractivity contribution in [3.63, 3.8) is 0 Å². The minimum absolute atomic E-state index is 0.210. The lowest BCUT2D eigenvalue weighted by Crippen LogP contribution is -2.76. The molecule has 0 saturated heterocycles. The van der Waals surface area contributed by atoms with Crippen LogP contribution in [-0.4, -0.2) is 62.3 Å². The van der Waals surface area contributed by atoms with E-state index in [0.29, 0.717) is 5.69 Å². The molecular formula is C19H22N2O7. The van der Waals surface area contributed by atoms with Crippen LogP contribution in [0.5, 0.6) is 5.75 Å². The van der Waals surface area contributed by atoms with Gasteiger partial charge in [-0.2, -0.15) is 0 Å². The van der Waals surface area contributed by atoms with Crippen molar-refractivity contribution >= 4 is 11.7 Å². The second-order valence-corrected chi connectivity index (χ2v) is 6.68. The average Bonchev–Trinajstić information content (AvgIpc) is 2.68. The maximum Gasteiger partial charge on any atom is 0.316 e. The van der Waals surface area contributed by atoms with Gasteiger partial charge in [-0.15, -0.1) is 0 Å². The van der Waals surface area contributed by atoms with E-state index in [1.165, 1.54) is 0 Å². The van der Waals surface area contributed by atoms with Crippen molar-refractivity contribution in [2.45, 2.75) is 24.1 Å². The van der Waals surface area contributed by atoms with Crippen molar-refractivity contribution in [3.8, 4) is 16.9 Å². The fourth-order valence-corrected chi connectivity index (χ4v) is 3.32. The zero-order chi connectivity index (χ0) is 20.5. The number of ether oxygens (including phenoxy) is 1. The predicted octanol–water partition coefficient (Wildman–Crippen LogP) is -0.384. The lowest BCUT2D eigenvalue weighted by atomic mass is 9.64. The van der Waals surface area contributed by atoms with Crippen LogP contribution in [0.4, 0.5) is 10.5 Å². The smallest absolute Gasteiger partial charge is 0.316 e. The zero-order valence-corrected chi connectivity index (χ0v) is 14.8. The summed E-state index contributed by atoms with van der Waals surface area (Å²) >= 11 is 0. The number of nitrogens with one attached hydrogen (secondary N) is 1. The molecule has 1 aliphatic carbocycles. The van der Waals surface area contributed by atoms with Gasteiger partial charge in [0.05, 0.1) is 12.7 Å². The van der Waals surface area contributed by atoms with Crippen LogP contribution in [0.1, 0.15) is 0 Å². The third kappa shape index (κ3) is 3.53. The molecule has 2 aromatic rings.